The number of nitrogens with one attached hydrogen (secondary N) is 1. The molecule has 0 aliphatic rings. The van der Waals surface area contributed by atoms with Crippen molar-refractivity contribution in [1.29, 1.82) is 0 Å². The molecule has 1 amide bonds. The molecule has 0 atom stereocenters. The fraction of sp³-hybridized carbons (Fsp3) is 0.0625. The van der Waals surface area contributed by atoms with Gasteiger partial charge in [0.25, 0.3) is 5.91 Å². The van der Waals surface area contributed by atoms with E-state index >= 15 is 0 Å². The Morgan fingerprint density at radius 2 is 1.52 bits per heavy atom. The molecule has 7 heteroatoms. The van der Waals surface area contributed by atoms with Gasteiger partial charge in [-0.05, 0) is 30.3 Å². The zero-order chi connectivity index (χ0) is 17.0. The molecule has 3 N–H and O–H groups in total. The summed E-state index contributed by atoms with van der Waals surface area (Å²) in [6.07, 6.45) is 0. The minimum Gasteiger partial charge on any atom is -0.496 e. The molecule has 0 spiro atoms. The zero-order valence-electron chi connectivity index (χ0n) is 12.1. The highest BCUT2D eigenvalue weighted by Crippen LogP contribution is 2.21. The Bertz CT molecular complexity index is 752. The predicted molar refractivity (Wildman–Crippen MR) is 81.3 cm³/mol. The number of carbonyl (C=O) groups is 3. The third-order valence-electron chi connectivity index (χ3n) is 3.04. The van der Waals surface area contributed by atoms with Gasteiger partial charge in [0.1, 0.15) is 5.75 Å². The van der Waals surface area contributed by atoms with Crippen molar-refractivity contribution in [3.63, 3.8) is 0 Å². The van der Waals surface area contributed by atoms with E-state index in [1.165, 1.54) is 25.3 Å². The van der Waals surface area contributed by atoms with Crippen LogP contribution in [-0.4, -0.2) is 35.2 Å². The highest BCUT2D eigenvalue weighted by atomic mass is 16.5. The summed E-state index contributed by atoms with van der Waals surface area (Å²) < 4.78 is 5.08. The number of carboxylic acid groups (broad SMARTS) is 2. The van der Waals surface area contributed by atoms with Gasteiger partial charge in [-0.25, -0.2) is 9.59 Å². The summed E-state index contributed by atoms with van der Waals surface area (Å²) >= 11 is 0. The van der Waals surface area contributed by atoms with Gasteiger partial charge in [-0.2, -0.15) is 0 Å². The minimum atomic E-state index is -1.29. The predicted octanol–water partition coefficient (Wildman–Crippen LogP) is 2.34. The maximum Gasteiger partial charge on any atom is 0.335 e. The van der Waals surface area contributed by atoms with Gasteiger partial charge in [-0.1, -0.05) is 12.1 Å². The number of benzene rings is 2. The first-order valence-electron chi connectivity index (χ1n) is 6.48. The van der Waals surface area contributed by atoms with E-state index in [1.54, 1.807) is 18.2 Å². The van der Waals surface area contributed by atoms with Gasteiger partial charge in [0, 0.05) is 5.69 Å². The lowest BCUT2D eigenvalue weighted by Gasteiger charge is -2.10. The van der Waals surface area contributed by atoms with Gasteiger partial charge in [0.15, 0.2) is 0 Å². The number of ether oxygens (including phenoxy) is 1. The average molecular weight is 315 g/mol. The van der Waals surface area contributed by atoms with Crippen LogP contribution in [0.3, 0.4) is 0 Å². The van der Waals surface area contributed by atoms with Crippen molar-refractivity contribution < 1.29 is 29.3 Å². The Morgan fingerprint density at radius 3 is 2.04 bits per heavy atom. The normalized spacial score (nSPS) is 9.96. The second kappa shape index (κ2) is 6.61. The summed E-state index contributed by atoms with van der Waals surface area (Å²) in [5, 5.41) is 20.5. The van der Waals surface area contributed by atoms with E-state index in [4.69, 9.17) is 14.9 Å². The summed E-state index contributed by atoms with van der Waals surface area (Å²) in [6, 6.07) is 9.86. The maximum atomic E-state index is 12.3. The number of methoxy groups -OCH3 is 1. The molecule has 2 aromatic carbocycles. The molecule has 0 aliphatic carbocycles. The van der Waals surface area contributed by atoms with Crippen molar-refractivity contribution in [1.82, 2.24) is 0 Å². The van der Waals surface area contributed by atoms with E-state index in [1.807, 2.05) is 0 Å². The van der Waals surface area contributed by atoms with E-state index in [-0.39, 0.29) is 22.4 Å². The van der Waals surface area contributed by atoms with E-state index in [2.05, 4.69) is 5.32 Å². The van der Waals surface area contributed by atoms with Gasteiger partial charge in [0.05, 0.1) is 23.8 Å². The van der Waals surface area contributed by atoms with E-state index in [0.29, 0.717) is 5.75 Å². The topological polar surface area (TPSA) is 113 Å². The quantitative estimate of drug-likeness (QED) is 0.780. The molecule has 0 radical (unpaired) electrons. The molecule has 2 rings (SSSR count). The summed E-state index contributed by atoms with van der Waals surface area (Å²) in [6.45, 7) is 0. The number of carboxylic acids is 2. The molecule has 7 nitrogen and oxygen atoms in total. The summed E-state index contributed by atoms with van der Waals surface area (Å²) in [5.41, 5.74) is -0.161. The maximum absolute atomic E-state index is 12.3. The highest BCUT2D eigenvalue weighted by molar-refractivity contribution is 6.07. The molecular formula is C16H13NO6. The first-order valence-corrected chi connectivity index (χ1v) is 6.48. The van der Waals surface area contributed by atoms with Crippen LogP contribution in [0.4, 0.5) is 5.69 Å². The smallest absolute Gasteiger partial charge is 0.335 e. The lowest BCUT2D eigenvalue weighted by Crippen LogP contribution is -2.14. The number of amides is 1. The summed E-state index contributed by atoms with van der Waals surface area (Å²) in [5.74, 6) is -2.78. The molecule has 0 aromatic heterocycles. The van der Waals surface area contributed by atoms with Gasteiger partial charge in [-0.15, -0.1) is 0 Å². The van der Waals surface area contributed by atoms with Crippen LogP contribution >= 0.6 is 0 Å². The molecule has 118 valence electrons. The SMILES string of the molecule is COc1ccccc1C(=O)Nc1cc(C(=O)O)cc(C(=O)O)c1. The van der Waals surface area contributed by atoms with Crippen molar-refractivity contribution >= 4 is 23.5 Å². The minimum absolute atomic E-state index is 0.0678. The van der Waals surface area contributed by atoms with Crippen molar-refractivity contribution in [2.45, 2.75) is 0 Å². The number of para-hydroxylation sites is 1. The van der Waals surface area contributed by atoms with Gasteiger partial charge >= 0.3 is 11.9 Å². The van der Waals surface area contributed by atoms with Crippen LogP contribution in [0.2, 0.25) is 0 Å². The largest absolute Gasteiger partial charge is 0.496 e. The average Bonchev–Trinajstić information content (AvgIpc) is 2.54. The van der Waals surface area contributed by atoms with Crippen LogP contribution in [0, 0.1) is 0 Å². The molecule has 0 unspecified atom stereocenters. The Kier molecular flexibility index (Phi) is 4.61. The van der Waals surface area contributed by atoms with Gasteiger partial charge < -0.3 is 20.3 Å². The van der Waals surface area contributed by atoms with Crippen LogP contribution in [0.15, 0.2) is 42.5 Å². The lowest BCUT2D eigenvalue weighted by atomic mass is 10.1. The van der Waals surface area contributed by atoms with Crippen LogP contribution in [0.5, 0.6) is 5.75 Å². The highest BCUT2D eigenvalue weighted by Gasteiger charge is 2.15. The van der Waals surface area contributed by atoms with E-state index in [9.17, 15) is 14.4 Å². The molecule has 0 aliphatic heterocycles. The number of rotatable bonds is 5. The first-order chi connectivity index (χ1) is 10.9. The molecule has 2 aromatic rings. The van der Waals surface area contributed by atoms with Crippen molar-refractivity contribution in [3.8, 4) is 5.75 Å². The Balaban J connectivity index is 2.37. The van der Waals surface area contributed by atoms with Crippen molar-refractivity contribution in [3.05, 3.63) is 59.2 Å². The van der Waals surface area contributed by atoms with Gasteiger partial charge in [-0.3, -0.25) is 4.79 Å². The fourth-order valence-electron chi connectivity index (χ4n) is 1.98. The molecule has 0 heterocycles. The van der Waals surface area contributed by atoms with Gasteiger partial charge in [0.2, 0.25) is 0 Å². The number of hydrogen-bond donors (Lipinski definition) is 3. The Hall–Kier alpha value is -3.35. The Morgan fingerprint density at radius 1 is 0.957 bits per heavy atom. The lowest BCUT2D eigenvalue weighted by molar-refractivity contribution is 0.0696. The standard InChI is InChI=1S/C16H13NO6/c1-23-13-5-3-2-4-12(13)14(18)17-11-7-9(15(19)20)6-10(8-11)16(21)22/h2-8H,1H3,(H,17,18)(H,19,20)(H,21,22). The van der Waals surface area contributed by atoms with E-state index in [0.717, 1.165) is 6.07 Å². The molecule has 0 saturated carbocycles. The monoisotopic (exact) mass is 315 g/mol. The number of hydrogen-bond acceptors (Lipinski definition) is 4. The molecule has 0 fully saturated rings. The van der Waals surface area contributed by atoms with Crippen LogP contribution < -0.4 is 10.1 Å². The zero-order valence-corrected chi connectivity index (χ0v) is 12.1. The van der Waals surface area contributed by atoms with Crippen molar-refractivity contribution in [2.75, 3.05) is 12.4 Å². The van der Waals surface area contributed by atoms with E-state index < -0.39 is 17.8 Å². The molecule has 23 heavy (non-hydrogen) atoms. The molecular weight excluding hydrogens is 302 g/mol. The summed E-state index contributed by atoms with van der Waals surface area (Å²) in [7, 11) is 1.42. The summed E-state index contributed by atoms with van der Waals surface area (Å²) in [4.78, 5) is 34.4. The van der Waals surface area contributed by atoms with Crippen LogP contribution in [0.25, 0.3) is 0 Å². The first kappa shape index (κ1) is 16.0. The second-order valence-corrected chi connectivity index (χ2v) is 4.56. The Labute approximate surface area is 131 Å². The third-order valence-corrected chi connectivity index (χ3v) is 3.04. The number of aromatic carboxylic acids is 2. The third kappa shape index (κ3) is 3.65. The molecule has 0 saturated heterocycles. The van der Waals surface area contributed by atoms with Crippen LogP contribution in [0.1, 0.15) is 31.1 Å². The number of anilines is 1. The van der Waals surface area contributed by atoms with Crippen molar-refractivity contribution in [2.24, 2.45) is 0 Å². The second-order valence-electron chi connectivity index (χ2n) is 4.56. The number of carbonyl (C=O) groups excluding carboxylic acids is 1. The fourth-order valence-corrected chi connectivity index (χ4v) is 1.98. The van der Waals surface area contributed by atoms with Crippen LogP contribution in [-0.2, 0) is 0 Å². The molecule has 0 bridgehead atoms.